The highest BCUT2D eigenvalue weighted by atomic mass is 16.5. The summed E-state index contributed by atoms with van der Waals surface area (Å²) in [6.07, 6.45) is 8.08. The number of hydrogen-bond acceptors (Lipinski definition) is 6. The Morgan fingerprint density at radius 3 is 2.73 bits per heavy atom. The minimum atomic E-state index is -0.673. The number of amides is 3. The molecule has 3 aromatic rings. The SMILES string of the molecule is Cc1nc2ccc(NC(=O)CN3CC[C@H]4NC(=O)[C@@H](Cc5ccccc5)NC(=O)C5(C/C=C/C[C@H]4C3)CCOCC5)cc2[nH]1. The van der Waals surface area contributed by atoms with Crippen LogP contribution in [0.2, 0.25) is 0 Å². The lowest BCUT2D eigenvalue weighted by molar-refractivity contribution is -0.140. The van der Waals surface area contributed by atoms with Crippen LogP contribution in [0, 0.1) is 18.3 Å². The van der Waals surface area contributed by atoms with Gasteiger partial charge in [-0.15, -0.1) is 0 Å². The predicted octanol–water partition coefficient (Wildman–Crippen LogP) is 3.49. The number of nitrogens with zero attached hydrogens (tertiary/aromatic N) is 2. The number of benzene rings is 2. The number of likely N-dealkylation sites (tertiary alicyclic amines) is 1. The van der Waals surface area contributed by atoms with E-state index in [-0.39, 0.29) is 36.2 Å². The molecule has 1 aromatic heterocycles. The molecule has 3 atom stereocenters. The van der Waals surface area contributed by atoms with E-state index in [4.69, 9.17) is 4.74 Å². The average molecular weight is 599 g/mol. The predicted molar refractivity (Wildman–Crippen MR) is 169 cm³/mol. The number of rotatable bonds is 5. The molecule has 3 aliphatic rings. The minimum Gasteiger partial charge on any atom is -0.381 e. The zero-order valence-electron chi connectivity index (χ0n) is 25.3. The summed E-state index contributed by atoms with van der Waals surface area (Å²) in [7, 11) is 0. The van der Waals surface area contributed by atoms with Gasteiger partial charge in [0.15, 0.2) is 0 Å². The second-order valence-electron chi connectivity index (χ2n) is 12.5. The highest BCUT2D eigenvalue weighted by Crippen LogP contribution is 2.36. The van der Waals surface area contributed by atoms with Gasteiger partial charge in [-0.2, -0.15) is 0 Å². The van der Waals surface area contributed by atoms with Gasteiger partial charge in [0.1, 0.15) is 11.9 Å². The number of aromatic amines is 1. The van der Waals surface area contributed by atoms with Gasteiger partial charge in [0.05, 0.1) is 23.0 Å². The number of carbonyl (C=O) groups is 3. The number of imidazole rings is 1. The first-order chi connectivity index (χ1) is 21.4. The second kappa shape index (κ2) is 13.3. The van der Waals surface area contributed by atoms with E-state index in [1.165, 1.54) is 0 Å². The first kappa shape index (κ1) is 30.0. The summed E-state index contributed by atoms with van der Waals surface area (Å²) < 4.78 is 5.61. The Kier molecular flexibility index (Phi) is 9.09. The van der Waals surface area contributed by atoms with Crippen LogP contribution in [0.4, 0.5) is 5.69 Å². The smallest absolute Gasteiger partial charge is 0.243 e. The standard InChI is InChI=1S/C34H42N6O4/c1-23-35-28-11-10-26(20-29(28)36-23)37-31(41)22-40-16-12-27-25(21-40)9-5-6-13-34(14-17-44-18-15-34)33(43)39-30(32(42)38-27)19-24-7-3-2-4-8-24/h2-8,10-11,20,25,27,30H,9,12-19,21-22H2,1H3,(H,35,36)(H,37,41)(H,38,42)(H,39,43)/b6-5+/t25-,27+,30+/m0/s1. The molecule has 4 N–H and O–H groups in total. The number of nitrogens with one attached hydrogen (secondary N) is 4. The number of ether oxygens (including phenoxy) is 1. The number of H-pyrrole nitrogens is 1. The van der Waals surface area contributed by atoms with Gasteiger partial charge < -0.3 is 25.7 Å². The maximum atomic E-state index is 13.8. The van der Waals surface area contributed by atoms with Crippen LogP contribution in [0.25, 0.3) is 11.0 Å². The Hall–Kier alpha value is -4.02. The van der Waals surface area contributed by atoms with Gasteiger partial charge in [0, 0.05) is 44.5 Å². The maximum Gasteiger partial charge on any atom is 0.243 e. The van der Waals surface area contributed by atoms with E-state index in [1.807, 2.05) is 55.5 Å². The third-order valence-corrected chi connectivity index (χ3v) is 9.35. The number of hydrogen-bond donors (Lipinski definition) is 4. The normalized spacial score (nSPS) is 25.2. The molecule has 2 saturated heterocycles. The first-order valence-electron chi connectivity index (χ1n) is 15.7. The van der Waals surface area contributed by atoms with Crippen molar-refractivity contribution in [2.45, 2.75) is 57.5 Å². The molecule has 0 unspecified atom stereocenters. The summed E-state index contributed by atoms with van der Waals surface area (Å²) in [6.45, 7) is 4.63. The Morgan fingerprint density at radius 2 is 1.91 bits per heavy atom. The van der Waals surface area contributed by atoms with Crippen molar-refractivity contribution in [2.75, 3.05) is 38.2 Å². The van der Waals surface area contributed by atoms with Gasteiger partial charge in [-0.1, -0.05) is 42.5 Å². The van der Waals surface area contributed by atoms with E-state index in [9.17, 15) is 14.4 Å². The molecule has 4 heterocycles. The first-order valence-corrected chi connectivity index (χ1v) is 15.7. The molecule has 3 aliphatic heterocycles. The lowest BCUT2D eigenvalue weighted by Crippen LogP contribution is -2.58. The fourth-order valence-corrected chi connectivity index (χ4v) is 6.82. The van der Waals surface area contributed by atoms with E-state index >= 15 is 0 Å². The summed E-state index contributed by atoms with van der Waals surface area (Å²) in [5.41, 5.74) is 2.91. The zero-order valence-corrected chi connectivity index (χ0v) is 25.3. The van der Waals surface area contributed by atoms with Crippen molar-refractivity contribution in [1.29, 1.82) is 0 Å². The molecule has 1 spiro atoms. The van der Waals surface area contributed by atoms with E-state index in [0.29, 0.717) is 52.0 Å². The van der Waals surface area contributed by atoms with Crippen LogP contribution in [-0.2, 0) is 25.5 Å². The molecule has 2 fully saturated rings. The van der Waals surface area contributed by atoms with E-state index in [0.717, 1.165) is 41.0 Å². The Morgan fingerprint density at radius 1 is 1.09 bits per heavy atom. The molecular weight excluding hydrogens is 556 g/mol. The van der Waals surface area contributed by atoms with E-state index in [2.05, 4.69) is 43.0 Å². The minimum absolute atomic E-state index is 0.0517. The summed E-state index contributed by atoms with van der Waals surface area (Å²) in [5.74, 6) is 0.681. The van der Waals surface area contributed by atoms with Gasteiger partial charge in [0.25, 0.3) is 0 Å². The van der Waals surface area contributed by atoms with Crippen LogP contribution < -0.4 is 16.0 Å². The van der Waals surface area contributed by atoms with Crippen LogP contribution >= 0.6 is 0 Å². The quantitative estimate of drug-likeness (QED) is 0.333. The van der Waals surface area contributed by atoms with Crippen molar-refractivity contribution in [3.05, 3.63) is 72.1 Å². The highest BCUT2D eigenvalue weighted by Gasteiger charge is 2.41. The summed E-state index contributed by atoms with van der Waals surface area (Å²) in [6, 6.07) is 14.8. The monoisotopic (exact) mass is 598 g/mol. The van der Waals surface area contributed by atoms with Crippen molar-refractivity contribution in [3.8, 4) is 0 Å². The van der Waals surface area contributed by atoms with Gasteiger partial charge in [-0.3, -0.25) is 19.3 Å². The Labute approximate surface area is 258 Å². The third-order valence-electron chi connectivity index (χ3n) is 9.35. The van der Waals surface area contributed by atoms with Gasteiger partial charge in [0.2, 0.25) is 17.7 Å². The molecule has 10 nitrogen and oxygen atoms in total. The van der Waals surface area contributed by atoms with Gasteiger partial charge >= 0.3 is 0 Å². The second-order valence-corrected chi connectivity index (χ2v) is 12.5. The van der Waals surface area contributed by atoms with Crippen molar-refractivity contribution in [1.82, 2.24) is 25.5 Å². The van der Waals surface area contributed by atoms with Crippen LogP contribution in [-0.4, -0.2) is 77.5 Å². The van der Waals surface area contributed by atoms with E-state index in [1.54, 1.807) is 0 Å². The summed E-state index contributed by atoms with van der Waals surface area (Å²) >= 11 is 0. The molecule has 0 bridgehead atoms. The molecule has 232 valence electrons. The molecule has 10 heteroatoms. The lowest BCUT2D eigenvalue weighted by Gasteiger charge is -2.40. The van der Waals surface area contributed by atoms with Crippen LogP contribution in [0.3, 0.4) is 0 Å². The van der Waals surface area contributed by atoms with Gasteiger partial charge in [-0.25, -0.2) is 4.98 Å². The number of aromatic nitrogens is 2. The molecule has 6 rings (SSSR count). The summed E-state index contributed by atoms with van der Waals surface area (Å²) in [5, 5.41) is 9.48. The molecule has 44 heavy (non-hydrogen) atoms. The Balaban J connectivity index is 1.16. The number of aryl methyl sites for hydroxylation is 1. The largest absolute Gasteiger partial charge is 0.381 e. The van der Waals surface area contributed by atoms with Crippen LogP contribution in [0.15, 0.2) is 60.7 Å². The maximum absolute atomic E-state index is 13.8. The Bertz CT molecular complexity index is 1510. The molecule has 0 saturated carbocycles. The van der Waals surface area contributed by atoms with Gasteiger partial charge in [-0.05, 0) is 68.7 Å². The number of piperidine rings is 1. The molecular formula is C34H42N6O4. The average Bonchev–Trinajstić information content (AvgIpc) is 3.39. The van der Waals surface area contributed by atoms with Crippen molar-refractivity contribution in [3.63, 3.8) is 0 Å². The highest BCUT2D eigenvalue weighted by molar-refractivity contribution is 5.94. The molecule has 0 aliphatic carbocycles. The zero-order chi connectivity index (χ0) is 30.5. The third kappa shape index (κ3) is 7.03. The van der Waals surface area contributed by atoms with Crippen LogP contribution in [0.1, 0.15) is 43.5 Å². The molecule has 3 amide bonds. The summed E-state index contributed by atoms with van der Waals surface area (Å²) in [4.78, 5) is 50.4. The van der Waals surface area contributed by atoms with Crippen molar-refractivity contribution < 1.29 is 19.1 Å². The number of carbonyl (C=O) groups excluding carboxylic acids is 3. The lowest BCUT2D eigenvalue weighted by atomic mass is 9.75. The van der Waals surface area contributed by atoms with E-state index < -0.39 is 11.5 Å². The fourth-order valence-electron chi connectivity index (χ4n) is 6.82. The fraction of sp³-hybridized carbons (Fsp3) is 0.471. The number of fused-ring (bicyclic) bond motifs is 2. The molecule has 0 radical (unpaired) electrons. The van der Waals surface area contributed by atoms with Crippen molar-refractivity contribution in [2.24, 2.45) is 11.3 Å². The molecule has 2 aromatic carbocycles. The van der Waals surface area contributed by atoms with Crippen molar-refractivity contribution >= 4 is 34.4 Å². The number of anilines is 1. The topological polar surface area (TPSA) is 128 Å². The number of allylic oxidation sites excluding steroid dienone is 2. The van der Waals surface area contributed by atoms with Crippen LogP contribution in [0.5, 0.6) is 0 Å².